The van der Waals surface area contributed by atoms with Gasteiger partial charge in [0.1, 0.15) is 5.75 Å². The van der Waals surface area contributed by atoms with E-state index in [0.29, 0.717) is 11.6 Å². The average Bonchev–Trinajstić information content (AvgIpc) is 3.01. The number of amides is 2. The van der Waals surface area contributed by atoms with Gasteiger partial charge in [-0.05, 0) is 30.9 Å². The first-order valence-corrected chi connectivity index (χ1v) is 5.27. The van der Waals surface area contributed by atoms with E-state index in [-0.39, 0.29) is 11.8 Å². The quantitative estimate of drug-likeness (QED) is 0.729. The molecule has 2 rings (SSSR count). The predicted octanol–water partition coefficient (Wildman–Crippen LogP) is 2.44. The van der Waals surface area contributed by atoms with Crippen LogP contribution in [0.5, 0.6) is 5.75 Å². The minimum atomic E-state index is -0.303. The predicted molar refractivity (Wildman–Crippen MR) is 62.1 cm³/mol. The number of phenolic OH excluding ortho intramolecular Hbond substituents is 1. The number of phenols is 1. The van der Waals surface area contributed by atoms with E-state index in [2.05, 4.69) is 10.6 Å². The van der Waals surface area contributed by atoms with Crippen molar-refractivity contribution in [2.45, 2.75) is 12.8 Å². The molecule has 16 heavy (non-hydrogen) atoms. The van der Waals surface area contributed by atoms with Crippen LogP contribution in [-0.4, -0.2) is 11.1 Å². The molecule has 0 bridgehead atoms. The van der Waals surface area contributed by atoms with E-state index in [9.17, 15) is 9.90 Å². The Morgan fingerprint density at radius 1 is 1.44 bits per heavy atom. The number of benzene rings is 1. The number of nitrogens with one attached hydrogen (secondary N) is 2. The Labute approximate surface area is 94.0 Å². The molecule has 0 spiro atoms. The van der Waals surface area contributed by atoms with Gasteiger partial charge in [-0.2, -0.15) is 0 Å². The van der Waals surface area contributed by atoms with Crippen LogP contribution in [0, 0.1) is 5.92 Å². The van der Waals surface area contributed by atoms with E-state index < -0.39 is 0 Å². The second-order valence-electron chi connectivity index (χ2n) is 3.85. The Bertz CT molecular complexity index is 411. The summed E-state index contributed by atoms with van der Waals surface area (Å²) in [4.78, 5) is 11.4. The summed E-state index contributed by atoms with van der Waals surface area (Å²) in [6.07, 6.45) is 6.08. The van der Waals surface area contributed by atoms with Gasteiger partial charge in [0, 0.05) is 18.0 Å². The number of aromatic hydroxyl groups is 1. The topological polar surface area (TPSA) is 61.4 Å². The first kappa shape index (κ1) is 10.5. The molecule has 4 nitrogen and oxygen atoms in total. The van der Waals surface area contributed by atoms with E-state index in [1.54, 1.807) is 24.4 Å². The number of hydrogen-bond donors (Lipinski definition) is 3. The van der Waals surface area contributed by atoms with Crippen LogP contribution in [0.2, 0.25) is 0 Å². The first-order chi connectivity index (χ1) is 7.74. The highest BCUT2D eigenvalue weighted by Gasteiger charge is 2.16. The number of carbonyl (C=O) groups is 1. The molecule has 0 saturated heterocycles. The lowest BCUT2D eigenvalue weighted by molar-refractivity contribution is 0.255. The average molecular weight is 218 g/mol. The summed E-state index contributed by atoms with van der Waals surface area (Å²) < 4.78 is 0. The monoisotopic (exact) mass is 218 g/mol. The number of anilines is 1. The number of rotatable bonds is 3. The van der Waals surface area contributed by atoms with Crippen molar-refractivity contribution in [3.8, 4) is 5.75 Å². The van der Waals surface area contributed by atoms with Crippen molar-refractivity contribution in [1.82, 2.24) is 5.32 Å². The fraction of sp³-hybridized carbons (Fsp3) is 0.250. The summed E-state index contributed by atoms with van der Waals surface area (Å²) in [5, 5.41) is 14.4. The number of allylic oxidation sites excluding steroid dienone is 1. The van der Waals surface area contributed by atoms with E-state index in [0.717, 1.165) is 0 Å². The summed E-state index contributed by atoms with van der Waals surface area (Å²) in [5.74, 6) is 0.771. The van der Waals surface area contributed by atoms with Crippen molar-refractivity contribution in [2.24, 2.45) is 5.92 Å². The van der Waals surface area contributed by atoms with Crippen molar-refractivity contribution in [2.75, 3.05) is 5.32 Å². The van der Waals surface area contributed by atoms with Crippen molar-refractivity contribution >= 4 is 11.7 Å². The molecule has 3 N–H and O–H groups in total. The summed E-state index contributed by atoms with van der Waals surface area (Å²) in [7, 11) is 0. The minimum Gasteiger partial charge on any atom is -0.508 e. The highest BCUT2D eigenvalue weighted by atomic mass is 16.3. The van der Waals surface area contributed by atoms with E-state index >= 15 is 0 Å². The molecule has 0 heterocycles. The van der Waals surface area contributed by atoms with Crippen molar-refractivity contribution in [3.05, 3.63) is 36.5 Å². The normalized spacial score (nSPS) is 15.0. The van der Waals surface area contributed by atoms with Crippen LogP contribution in [0.25, 0.3) is 0 Å². The summed E-state index contributed by atoms with van der Waals surface area (Å²) in [5.41, 5.74) is 0.567. The standard InChI is InChI=1S/C12H14N2O2/c15-11-3-1-2-10(8-11)14-12(16)13-7-6-9-4-5-9/h1-3,6-9,15H,4-5H2,(H2,13,14,16)/b7-6+. The third-order valence-electron chi connectivity index (χ3n) is 2.31. The van der Waals surface area contributed by atoms with Crippen LogP contribution in [0.1, 0.15) is 12.8 Å². The van der Waals surface area contributed by atoms with Crippen LogP contribution >= 0.6 is 0 Å². The molecule has 0 aliphatic heterocycles. The van der Waals surface area contributed by atoms with Gasteiger partial charge in [-0.1, -0.05) is 12.1 Å². The molecule has 1 aliphatic rings. The maximum atomic E-state index is 11.4. The third-order valence-corrected chi connectivity index (χ3v) is 2.31. The molecule has 0 aromatic heterocycles. The van der Waals surface area contributed by atoms with Gasteiger partial charge in [0.2, 0.25) is 0 Å². The van der Waals surface area contributed by atoms with Crippen LogP contribution in [-0.2, 0) is 0 Å². The molecule has 4 heteroatoms. The lowest BCUT2D eigenvalue weighted by atomic mass is 10.3. The summed E-state index contributed by atoms with van der Waals surface area (Å²) >= 11 is 0. The maximum absolute atomic E-state index is 11.4. The second-order valence-corrected chi connectivity index (χ2v) is 3.85. The highest BCUT2D eigenvalue weighted by Crippen LogP contribution is 2.29. The SMILES string of the molecule is O=C(N/C=C/C1CC1)Nc1cccc(O)c1. The zero-order chi connectivity index (χ0) is 11.4. The van der Waals surface area contributed by atoms with Gasteiger partial charge in [-0.15, -0.1) is 0 Å². The number of hydrogen-bond acceptors (Lipinski definition) is 2. The van der Waals surface area contributed by atoms with Crippen LogP contribution in [0.3, 0.4) is 0 Å². The van der Waals surface area contributed by atoms with Crippen molar-refractivity contribution in [3.63, 3.8) is 0 Å². The van der Waals surface area contributed by atoms with Gasteiger partial charge in [0.05, 0.1) is 0 Å². The molecule has 1 aromatic carbocycles. The number of carbonyl (C=O) groups excluding carboxylic acids is 1. The molecule has 1 aromatic rings. The van der Waals surface area contributed by atoms with E-state index in [1.165, 1.54) is 18.9 Å². The van der Waals surface area contributed by atoms with E-state index in [1.807, 2.05) is 6.08 Å². The Hall–Kier alpha value is -1.97. The third kappa shape index (κ3) is 3.31. The molecule has 1 aliphatic carbocycles. The zero-order valence-corrected chi connectivity index (χ0v) is 8.81. The summed E-state index contributed by atoms with van der Waals surface area (Å²) in [6, 6.07) is 6.12. The molecule has 0 radical (unpaired) electrons. The highest BCUT2D eigenvalue weighted by molar-refractivity contribution is 5.90. The molecule has 2 amide bonds. The van der Waals surface area contributed by atoms with Gasteiger partial charge in [0.25, 0.3) is 0 Å². The van der Waals surface area contributed by atoms with Gasteiger partial charge in [0.15, 0.2) is 0 Å². The largest absolute Gasteiger partial charge is 0.508 e. The Kier molecular flexibility index (Phi) is 3.10. The van der Waals surface area contributed by atoms with Crippen LogP contribution < -0.4 is 10.6 Å². The molecule has 0 atom stereocenters. The van der Waals surface area contributed by atoms with E-state index in [4.69, 9.17) is 0 Å². The van der Waals surface area contributed by atoms with Gasteiger partial charge in [-0.25, -0.2) is 4.79 Å². The van der Waals surface area contributed by atoms with Crippen molar-refractivity contribution in [1.29, 1.82) is 0 Å². The van der Waals surface area contributed by atoms with Crippen LogP contribution in [0.15, 0.2) is 36.5 Å². The number of urea groups is 1. The molecule has 84 valence electrons. The Balaban J connectivity index is 1.81. The first-order valence-electron chi connectivity index (χ1n) is 5.27. The molecule has 0 unspecified atom stereocenters. The zero-order valence-electron chi connectivity index (χ0n) is 8.81. The fourth-order valence-electron chi connectivity index (χ4n) is 1.30. The molecular formula is C12H14N2O2. The molecular weight excluding hydrogens is 204 g/mol. The van der Waals surface area contributed by atoms with Gasteiger partial charge in [-0.3, -0.25) is 0 Å². The maximum Gasteiger partial charge on any atom is 0.323 e. The smallest absolute Gasteiger partial charge is 0.323 e. The Morgan fingerprint density at radius 2 is 2.25 bits per heavy atom. The van der Waals surface area contributed by atoms with Crippen LogP contribution in [0.4, 0.5) is 10.5 Å². The lowest BCUT2D eigenvalue weighted by Crippen LogP contribution is -2.23. The minimum absolute atomic E-state index is 0.131. The summed E-state index contributed by atoms with van der Waals surface area (Å²) in [6.45, 7) is 0. The molecule has 1 fully saturated rings. The van der Waals surface area contributed by atoms with Gasteiger partial charge >= 0.3 is 6.03 Å². The second kappa shape index (κ2) is 4.70. The Morgan fingerprint density at radius 3 is 2.94 bits per heavy atom. The van der Waals surface area contributed by atoms with Crippen molar-refractivity contribution < 1.29 is 9.90 Å². The van der Waals surface area contributed by atoms with Gasteiger partial charge < -0.3 is 15.7 Å². The molecule has 1 saturated carbocycles. The fourth-order valence-corrected chi connectivity index (χ4v) is 1.30. The lowest BCUT2D eigenvalue weighted by Gasteiger charge is -2.04.